The van der Waals surface area contributed by atoms with E-state index >= 15 is 0 Å². The quantitative estimate of drug-likeness (QED) is 0.830. The molecule has 1 aromatic rings. The maximum atomic E-state index is 5.63. The molecule has 0 bridgehead atoms. The third-order valence-electron chi connectivity index (χ3n) is 3.34. The predicted octanol–water partition coefficient (Wildman–Crippen LogP) is 1.28. The summed E-state index contributed by atoms with van der Waals surface area (Å²) in [5, 5.41) is 3.29. The summed E-state index contributed by atoms with van der Waals surface area (Å²) in [5.74, 6) is 0. The van der Waals surface area contributed by atoms with E-state index in [2.05, 4.69) is 48.6 Å². The lowest BCUT2D eigenvalue weighted by Gasteiger charge is -2.41. The van der Waals surface area contributed by atoms with Crippen molar-refractivity contribution in [2.45, 2.75) is 18.6 Å². The first-order valence-electron chi connectivity index (χ1n) is 6.12. The molecule has 1 aromatic carbocycles. The maximum absolute atomic E-state index is 5.63. The number of benzene rings is 1. The molecule has 0 amide bonds. The first kappa shape index (κ1) is 12.6. The summed E-state index contributed by atoms with van der Waals surface area (Å²) in [6.07, 6.45) is 0.998. The molecule has 0 atom stereocenters. The van der Waals surface area contributed by atoms with Crippen LogP contribution in [0.25, 0.3) is 0 Å². The third kappa shape index (κ3) is 3.06. The van der Waals surface area contributed by atoms with Gasteiger partial charge in [-0.3, -0.25) is 0 Å². The normalized spacial score (nSPS) is 18.1. The molecule has 0 unspecified atom stereocenters. The zero-order valence-electron chi connectivity index (χ0n) is 11.0. The van der Waals surface area contributed by atoms with Crippen LogP contribution in [0.4, 0.5) is 0 Å². The minimum atomic E-state index is 0.0245. The summed E-state index contributed by atoms with van der Waals surface area (Å²) >= 11 is 0. The van der Waals surface area contributed by atoms with Crippen LogP contribution in [-0.4, -0.2) is 44.8 Å². The molecule has 94 valence electrons. The standard InChI is InChI=1S/C14H22N2O/c1-16(2)9-13-6-4-5-12(7-13)8-14(17-3)10-15-11-14/h4-7,15H,8-11H2,1-3H3. The smallest absolute Gasteiger partial charge is 0.0966 e. The summed E-state index contributed by atoms with van der Waals surface area (Å²) in [5.41, 5.74) is 2.76. The van der Waals surface area contributed by atoms with Gasteiger partial charge in [0.15, 0.2) is 0 Å². The Labute approximate surface area is 104 Å². The van der Waals surface area contributed by atoms with E-state index in [1.165, 1.54) is 11.1 Å². The number of ether oxygens (including phenoxy) is 1. The van der Waals surface area contributed by atoms with E-state index in [0.29, 0.717) is 0 Å². The second kappa shape index (κ2) is 5.17. The van der Waals surface area contributed by atoms with Crippen LogP contribution in [0.15, 0.2) is 24.3 Å². The van der Waals surface area contributed by atoms with Gasteiger partial charge in [0.05, 0.1) is 5.60 Å². The second-order valence-corrected chi connectivity index (χ2v) is 5.23. The van der Waals surface area contributed by atoms with Crippen LogP contribution >= 0.6 is 0 Å². The van der Waals surface area contributed by atoms with E-state index in [1.54, 1.807) is 0 Å². The largest absolute Gasteiger partial charge is 0.375 e. The maximum Gasteiger partial charge on any atom is 0.0966 e. The lowest BCUT2D eigenvalue weighted by Crippen LogP contribution is -2.61. The number of methoxy groups -OCH3 is 1. The topological polar surface area (TPSA) is 24.5 Å². The zero-order valence-corrected chi connectivity index (χ0v) is 11.0. The van der Waals surface area contributed by atoms with Gasteiger partial charge in [-0.2, -0.15) is 0 Å². The van der Waals surface area contributed by atoms with E-state index in [1.807, 2.05) is 7.11 Å². The van der Waals surface area contributed by atoms with Crippen molar-refractivity contribution in [1.29, 1.82) is 0 Å². The molecule has 0 aromatic heterocycles. The molecule has 0 spiro atoms. The molecule has 3 nitrogen and oxygen atoms in total. The Bertz CT molecular complexity index is 367. The number of rotatable bonds is 5. The minimum Gasteiger partial charge on any atom is -0.375 e. The number of hydrogen-bond acceptors (Lipinski definition) is 3. The molecule has 1 N–H and O–H groups in total. The van der Waals surface area contributed by atoms with Gasteiger partial charge in [-0.15, -0.1) is 0 Å². The SMILES string of the molecule is COC1(Cc2cccc(CN(C)C)c2)CNC1. The Morgan fingerprint density at radius 1 is 1.29 bits per heavy atom. The Kier molecular flexibility index (Phi) is 3.82. The Hall–Kier alpha value is -0.900. The van der Waals surface area contributed by atoms with Crippen LogP contribution in [0.2, 0.25) is 0 Å². The Morgan fingerprint density at radius 3 is 2.53 bits per heavy atom. The molecule has 1 fully saturated rings. The Balaban J connectivity index is 2.05. The van der Waals surface area contributed by atoms with Gasteiger partial charge in [0.1, 0.15) is 0 Å². The molecule has 1 heterocycles. The van der Waals surface area contributed by atoms with Crippen LogP contribution in [0.3, 0.4) is 0 Å². The predicted molar refractivity (Wildman–Crippen MR) is 70.1 cm³/mol. The van der Waals surface area contributed by atoms with Crippen molar-refractivity contribution in [1.82, 2.24) is 10.2 Å². The van der Waals surface area contributed by atoms with Crippen molar-refractivity contribution >= 4 is 0 Å². The molecule has 3 heteroatoms. The molecular weight excluding hydrogens is 212 g/mol. The van der Waals surface area contributed by atoms with Gasteiger partial charge in [0.25, 0.3) is 0 Å². The minimum absolute atomic E-state index is 0.0245. The van der Waals surface area contributed by atoms with Crippen molar-refractivity contribution in [2.24, 2.45) is 0 Å². The number of nitrogens with one attached hydrogen (secondary N) is 1. The van der Waals surface area contributed by atoms with Crippen LogP contribution in [0.1, 0.15) is 11.1 Å². The van der Waals surface area contributed by atoms with Crippen molar-refractivity contribution < 1.29 is 4.74 Å². The van der Waals surface area contributed by atoms with E-state index in [-0.39, 0.29) is 5.60 Å². The summed E-state index contributed by atoms with van der Waals surface area (Å²) in [6, 6.07) is 8.81. The first-order chi connectivity index (χ1) is 8.13. The van der Waals surface area contributed by atoms with Crippen LogP contribution in [0, 0.1) is 0 Å². The van der Waals surface area contributed by atoms with E-state index < -0.39 is 0 Å². The molecule has 2 rings (SSSR count). The van der Waals surface area contributed by atoms with Crippen LogP contribution in [-0.2, 0) is 17.7 Å². The summed E-state index contributed by atoms with van der Waals surface area (Å²) in [4.78, 5) is 2.19. The monoisotopic (exact) mass is 234 g/mol. The van der Waals surface area contributed by atoms with Gasteiger partial charge < -0.3 is 15.0 Å². The van der Waals surface area contributed by atoms with Gasteiger partial charge in [0.2, 0.25) is 0 Å². The van der Waals surface area contributed by atoms with Crippen molar-refractivity contribution in [2.75, 3.05) is 34.3 Å². The average molecular weight is 234 g/mol. The van der Waals surface area contributed by atoms with Gasteiger partial charge in [-0.25, -0.2) is 0 Å². The molecule has 0 radical (unpaired) electrons. The summed E-state index contributed by atoms with van der Waals surface area (Å²) < 4.78 is 5.63. The molecule has 1 saturated heterocycles. The fourth-order valence-corrected chi connectivity index (χ4v) is 2.32. The van der Waals surface area contributed by atoms with Crippen molar-refractivity contribution in [3.63, 3.8) is 0 Å². The highest BCUT2D eigenvalue weighted by Gasteiger charge is 2.36. The lowest BCUT2D eigenvalue weighted by molar-refractivity contribution is -0.0502. The van der Waals surface area contributed by atoms with Crippen molar-refractivity contribution in [3.8, 4) is 0 Å². The molecule has 0 saturated carbocycles. The fourth-order valence-electron chi connectivity index (χ4n) is 2.32. The summed E-state index contributed by atoms with van der Waals surface area (Å²) in [7, 11) is 6.00. The number of nitrogens with zero attached hydrogens (tertiary/aromatic N) is 1. The molecular formula is C14H22N2O. The molecule has 1 aliphatic rings. The lowest BCUT2D eigenvalue weighted by atomic mass is 9.88. The van der Waals surface area contributed by atoms with Gasteiger partial charge in [-0.1, -0.05) is 24.3 Å². The van der Waals surface area contributed by atoms with Gasteiger partial charge in [-0.05, 0) is 25.2 Å². The molecule has 1 aliphatic heterocycles. The van der Waals surface area contributed by atoms with Crippen molar-refractivity contribution in [3.05, 3.63) is 35.4 Å². The third-order valence-corrected chi connectivity index (χ3v) is 3.34. The highest BCUT2D eigenvalue weighted by Crippen LogP contribution is 2.22. The molecule has 0 aliphatic carbocycles. The second-order valence-electron chi connectivity index (χ2n) is 5.23. The summed E-state index contributed by atoms with van der Waals surface area (Å²) in [6.45, 7) is 2.91. The number of hydrogen-bond donors (Lipinski definition) is 1. The van der Waals surface area contributed by atoms with E-state index in [0.717, 1.165) is 26.1 Å². The van der Waals surface area contributed by atoms with Gasteiger partial charge >= 0.3 is 0 Å². The van der Waals surface area contributed by atoms with Crippen LogP contribution in [0.5, 0.6) is 0 Å². The molecule has 17 heavy (non-hydrogen) atoms. The highest BCUT2D eigenvalue weighted by atomic mass is 16.5. The average Bonchev–Trinajstić information content (AvgIpc) is 2.23. The first-order valence-corrected chi connectivity index (χ1v) is 6.12. The van der Waals surface area contributed by atoms with Gasteiger partial charge in [0, 0.05) is 33.2 Å². The van der Waals surface area contributed by atoms with Crippen LogP contribution < -0.4 is 5.32 Å². The zero-order chi connectivity index (χ0) is 12.3. The highest BCUT2D eigenvalue weighted by molar-refractivity contribution is 5.25. The Morgan fingerprint density at radius 2 is 2.00 bits per heavy atom. The van der Waals surface area contributed by atoms with E-state index in [4.69, 9.17) is 4.74 Å². The van der Waals surface area contributed by atoms with E-state index in [9.17, 15) is 0 Å². The fraction of sp³-hybridized carbons (Fsp3) is 0.571.